The highest BCUT2D eigenvalue weighted by atomic mass is 32.1. The average Bonchev–Trinajstić information content (AvgIpc) is 2.44. The van der Waals surface area contributed by atoms with Gasteiger partial charge >= 0.3 is 0 Å². The predicted molar refractivity (Wildman–Crippen MR) is 88.9 cm³/mol. The highest BCUT2D eigenvalue weighted by molar-refractivity contribution is 7.80. The van der Waals surface area contributed by atoms with Gasteiger partial charge in [-0.1, -0.05) is 88.8 Å². The van der Waals surface area contributed by atoms with Gasteiger partial charge in [0.25, 0.3) is 0 Å². The second-order valence-electron chi connectivity index (χ2n) is 5.45. The van der Waals surface area contributed by atoms with Crippen molar-refractivity contribution in [2.24, 2.45) is 0 Å². The van der Waals surface area contributed by atoms with E-state index in [-0.39, 0.29) is 0 Å². The van der Waals surface area contributed by atoms with E-state index in [9.17, 15) is 0 Å². The maximum atomic E-state index is 5.10. The summed E-state index contributed by atoms with van der Waals surface area (Å²) in [5.41, 5.74) is 3.00. The Kier molecular flexibility index (Phi) is 9.98. The van der Waals surface area contributed by atoms with Crippen LogP contribution in [-0.2, 0) is 12.8 Å². The van der Waals surface area contributed by atoms with E-state index in [0.717, 1.165) is 12.2 Å². The van der Waals surface area contributed by atoms with E-state index in [1.165, 1.54) is 68.9 Å². The Hall–Kier alpha value is -0.430. The van der Waals surface area contributed by atoms with Crippen LogP contribution in [0.1, 0.15) is 69.4 Å². The van der Waals surface area contributed by atoms with Gasteiger partial charge in [0.2, 0.25) is 0 Å². The molecule has 1 radical (unpaired) electrons. The van der Waals surface area contributed by atoms with Gasteiger partial charge < -0.3 is 0 Å². The number of hydrogen-bond donors (Lipinski definition) is 0. The first-order valence-electron chi connectivity index (χ1n) is 8.03. The van der Waals surface area contributed by atoms with Gasteiger partial charge in [-0.3, -0.25) is 0 Å². The van der Waals surface area contributed by atoms with Gasteiger partial charge in [0.15, 0.2) is 0 Å². The fourth-order valence-corrected chi connectivity index (χ4v) is 2.82. The Morgan fingerprint density at radius 3 is 1.84 bits per heavy atom. The third-order valence-electron chi connectivity index (χ3n) is 3.79. The largest absolute Gasteiger partial charge is 0.0938 e. The molecular weight excluding hydrogens is 248 g/mol. The van der Waals surface area contributed by atoms with Crippen LogP contribution in [0.4, 0.5) is 0 Å². The highest BCUT2D eigenvalue weighted by Crippen LogP contribution is 2.15. The van der Waals surface area contributed by atoms with Crippen molar-refractivity contribution in [1.82, 2.24) is 0 Å². The Labute approximate surface area is 125 Å². The molecule has 1 aromatic rings. The van der Waals surface area contributed by atoms with Crippen LogP contribution in [0.15, 0.2) is 24.3 Å². The van der Waals surface area contributed by atoms with E-state index in [1.54, 1.807) is 0 Å². The first-order valence-corrected chi connectivity index (χ1v) is 8.61. The summed E-state index contributed by atoms with van der Waals surface area (Å²) in [6.07, 6.45) is 13.5. The fraction of sp³-hybridized carbons (Fsp3) is 0.667. The summed E-state index contributed by atoms with van der Waals surface area (Å²) in [7, 11) is 0. The number of unbranched alkanes of at least 4 members (excludes halogenated alkanes) is 7. The molecule has 1 heteroatoms. The number of aryl methyl sites for hydroxylation is 2. The maximum absolute atomic E-state index is 5.10. The third-order valence-corrected chi connectivity index (χ3v) is 3.99. The minimum Gasteiger partial charge on any atom is -0.0938 e. The van der Waals surface area contributed by atoms with Gasteiger partial charge in [-0.2, -0.15) is 0 Å². The molecular formula is C18H29S. The summed E-state index contributed by atoms with van der Waals surface area (Å²) in [6.45, 7) is 2.28. The topological polar surface area (TPSA) is 0 Å². The summed E-state index contributed by atoms with van der Waals surface area (Å²) < 4.78 is 0. The van der Waals surface area contributed by atoms with E-state index < -0.39 is 0 Å². The molecule has 0 saturated heterocycles. The molecule has 0 nitrogen and oxygen atoms in total. The van der Waals surface area contributed by atoms with Crippen molar-refractivity contribution in [2.75, 3.05) is 5.75 Å². The lowest BCUT2D eigenvalue weighted by molar-refractivity contribution is 0.575. The molecule has 0 saturated carbocycles. The second-order valence-corrected chi connectivity index (χ2v) is 5.86. The molecule has 0 atom stereocenters. The monoisotopic (exact) mass is 277 g/mol. The minimum atomic E-state index is 0.842. The molecule has 1 rings (SSSR count). The van der Waals surface area contributed by atoms with Crippen molar-refractivity contribution in [2.45, 2.75) is 71.1 Å². The molecule has 0 aliphatic rings. The Balaban J connectivity index is 2.12. The van der Waals surface area contributed by atoms with Crippen molar-refractivity contribution in [1.29, 1.82) is 0 Å². The zero-order chi connectivity index (χ0) is 13.8. The molecule has 0 aromatic heterocycles. The first kappa shape index (κ1) is 16.6. The molecule has 0 N–H and O–H groups in total. The van der Waals surface area contributed by atoms with Gasteiger partial charge in [-0.05, 0) is 30.4 Å². The van der Waals surface area contributed by atoms with Crippen LogP contribution in [-0.4, -0.2) is 5.75 Å². The zero-order valence-corrected chi connectivity index (χ0v) is 13.3. The smallest absolute Gasteiger partial charge is 0.00775 e. The molecule has 0 aliphatic heterocycles. The van der Waals surface area contributed by atoms with Gasteiger partial charge in [0.1, 0.15) is 0 Å². The quantitative estimate of drug-likeness (QED) is 0.428. The summed E-state index contributed by atoms with van der Waals surface area (Å²) in [5, 5.41) is 0. The number of benzene rings is 1. The van der Waals surface area contributed by atoms with E-state index in [2.05, 4.69) is 31.2 Å². The van der Waals surface area contributed by atoms with E-state index >= 15 is 0 Å². The van der Waals surface area contributed by atoms with Crippen molar-refractivity contribution in [3.8, 4) is 0 Å². The Bertz CT molecular complexity index is 319. The van der Waals surface area contributed by atoms with Crippen LogP contribution >= 0.6 is 12.6 Å². The summed E-state index contributed by atoms with van der Waals surface area (Å²) in [5.74, 6) is 0.842. The van der Waals surface area contributed by atoms with Crippen LogP contribution in [0.2, 0.25) is 0 Å². The van der Waals surface area contributed by atoms with Gasteiger partial charge in [0.05, 0.1) is 0 Å². The molecule has 19 heavy (non-hydrogen) atoms. The van der Waals surface area contributed by atoms with Gasteiger partial charge in [-0.15, -0.1) is 0 Å². The van der Waals surface area contributed by atoms with Crippen molar-refractivity contribution in [3.05, 3.63) is 35.4 Å². The number of hydrogen-bond acceptors (Lipinski definition) is 0. The Morgan fingerprint density at radius 1 is 0.737 bits per heavy atom. The zero-order valence-electron chi connectivity index (χ0n) is 12.5. The maximum Gasteiger partial charge on any atom is 0.00775 e. The Morgan fingerprint density at radius 2 is 1.26 bits per heavy atom. The molecule has 0 fully saturated rings. The highest BCUT2D eigenvalue weighted by Gasteiger charge is 2.00. The normalized spacial score (nSPS) is 10.8. The molecule has 0 spiro atoms. The standard InChI is InChI=1S/C18H29S/c1-2-3-4-5-6-7-8-9-12-17-13-10-11-14-18(17)15-16-19/h10-11,13-14H,2-9,12,15-16H2,1H3. The molecule has 0 bridgehead atoms. The van der Waals surface area contributed by atoms with Gasteiger partial charge in [-0.25, -0.2) is 0 Å². The molecule has 0 amide bonds. The first-order chi connectivity index (χ1) is 9.38. The third kappa shape index (κ3) is 7.67. The van der Waals surface area contributed by atoms with E-state index in [1.807, 2.05) is 0 Å². The summed E-state index contributed by atoms with van der Waals surface area (Å²) >= 11 is 5.10. The van der Waals surface area contributed by atoms with Crippen molar-refractivity contribution < 1.29 is 0 Å². The second kappa shape index (κ2) is 11.4. The van der Waals surface area contributed by atoms with Crippen LogP contribution in [0.5, 0.6) is 0 Å². The fourth-order valence-electron chi connectivity index (χ4n) is 2.60. The minimum absolute atomic E-state index is 0.842. The average molecular weight is 277 g/mol. The predicted octanol–water partition coefficient (Wildman–Crippen LogP) is 6.11. The lowest BCUT2D eigenvalue weighted by Crippen LogP contribution is -1.95. The van der Waals surface area contributed by atoms with Crippen LogP contribution in [0, 0.1) is 0 Å². The summed E-state index contributed by atoms with van der Waals surface area (Å²) in [4.78, 5) is 0. The van der Waals surface area contributed by atoms with E-state index in [0.29, 0.717) is 0 Å². The van der Waals surface area contributed by atoms with Crippen LogP contribution in [0.25, 0.3) is 0 Å². The number of rotatable bonds is 11. The molecule has 107 valence electrons. The lowest BCUT2D eigenvalue weighted by Gasteiger charge is -2.08. The van der Waals surface area contributed by atoms with Gasteiger partial charge in [0, 0.05) is 5.75 Å². The lowest BCUT2D eigenvalue weighted by atomic mass is 9.99. The molecule has 0 aliphatic carbocycles. The molecule has 1 aromatic carbocycles. The SMILES string of the molecule is CCCCCCCCCCc1ccccc1CC[S]. The van der Waals surface area contributed by atoms with Crippen LogP contribution in [0.3, 0.4) is 0 Å². The van der Waals surface area contributed by atoms with Crippen molar-refractivity contribution >= 4 is 12.6 Å². The molecule has 0 unspecified atom stereocenters. The molecule has 0 heterocycles. The van der Waals surface area contributed by atoms with Crippen molar-refractivity contribution in [3.63, 3.8) is 0 Å². The van der Waals surface area contributed by atoms with Crippen LogP contribution < -0.4 is 0 Å². The van der Waals surface area contributed by atoms with E-state index in [4.69, 9.17) is 12.6 Å². The summed E-state index contributed by atoms with van der Waals surface area (Å²) in [6, 6.07) is 8.82.